The van der Waals surface area contributed by atoms with E-state index in [4.69, 9.17) is 0 Å². The fraction of sp³-hybridized carbons (Fsp3) is 0.250. The van der Waals surface area contributed by atoms with Gasteiger partial charge in [0.25, 0.3) is 0 Å². The van der Waals surface area contributed by atoms with Gasteiger partial charge < -0.3 is 0 Å². The van der Waals surface area contributed by atoms with Crippen molar-refractivity contribution in [3.05, 3.63) is 47.3 Å². The van der Waals surface area contributed by atoms with Crippen molar-refractivity contribution in [2.24, 2.45) is 0 Å². The fourth-order valence-electron chi connectivity index (χ4n) is 2.89. The predicted molar refractivity (Wildman–Crippen MR) is 84.4 cm³/mol. The Morgan fingerprint density at radius 1 is 1.00 bits per heavy atom. The molecule has 22 heavy (non-hydrogen) atoms. The summed E-state index contributed by atoms with van der Waals surface area (Å²) < 4.78 is 3.82. The molecule has 0 amide bonds. The van der Waals surface area contributed by atoms with Gasteiger partial charge in [0.15, 0.2) is 11.3 Å². The van der Waals surface area contributed by atoms with Crippen LogP contribution in [-0.2, 0) is 0 Å². The molecule has 0 aliphatic carbocycles. The zero-order valence-electron chi connectivity index (χ0n) is 13.0. The van der Waals surface area contributed by atoms with E-state index in [1.54, 1.807) is 10.8 Å². The monoisotopic (exact) mass is 292 g/mol. The largest absolute Gasteiger partial charge is 0.282 e. The highest BCUT2D eigenvalue weighted by molar-refractivity contribution is 5.94. The van der Waals surface area contributed by atoms with E-state index >= 15 is 0 Å². The molecule has 4 rings (SSSR count). The van der Waals surface area contributed by atoms with Gasteiger partial charge in [-0.1, -0.05) is 0 Å². The molecule has 110 valence electrons. The van der Waals surface area contributed by atoms with Crippen molar-refractivity contribution in [3.63, 3.8) is 0 Å². The number of hydrogen-bond donors (Lipinski definition) is 0. The van der Waals surface area contributed by atoms with E-state index in [1.165, 1.54) is 5.56 Å². The van der Waals surface area contributed by atoms with E-state index in [0.29, 0.717) is 0 Å². The van der Waals surface area contributed by atoms with Crippen LogP contribution in [0.25, 0.3) is 22.5 Å². The number of aromatic nitrogens is 6. The minimum atomic E-state index is 0.743. The quantitative estimate of drug-likeness (QED) is 0.541. The first-order valence-electron chi connectivity index (χ1n) is 7.19. The van der Waals surface area contributed by atoms with Gasteiger partial charge in [-0.05, 0) is 51.0 Å². The smallest absolute Gasteiger partial charge is 0.168 e. The molecule has 6 heteroatoms. The molecular weight excluding hydrogens is 276 g/mol. The van der Waals surface area contributed by atoms with Crippen LogP contribution in [0, 0.1) is 27.7 Å². The normalized spacial score (nSPS) is 11.6. The lowest BCUT2D eigenvalue weighted by Gasteiger charge is -2.07. The van der Waals surface area contributed by atoms with Crippen LogP contribution in [0.15, 0.2) is 24.7 Å². The molecule has 0 atom stereocenters. The van der Waals surface area contributed by atoms with E-state index in [9.17, 15) is 0 Å². The third-order valence-electron chi connectivity index (χ3n) is 4.07. The van der Waals surface area contributed by atoms with Crippen LogP contribution >= 0.6 is 0 Å². The second kappa shape index (κ2) is 4.37. The van der Waals surface area contributed by atoms with Crippen LogP contribution < -0.4 is 0 Å². The Morgan fingerprint density at radius 3 is 2.59 bits per heavy atom. The summed E-state index contributed by atoms with van der Waals surface area (Å²) in [5, 5.41) is 5.38. The number of aryl methyl sites for hydroxylation is 3. The van der Waals surface area contributed by atoms with Crippen molar-refractivity contribution < 1.29 is 0 Å². The van der Waals surface area contributed by atoms with Crippen LogP contribution in [0.4, 0.5) is 0 Å². The molecule has 4 aromatic rings. The molecule has 4 heterocycles. The molecule has 0 aromatic carbocycles. The zero-order valence-corrected chi connectivity index (χ0v) is 13.0. The standard InChI is InChI=1S/C16H16N6/c1-9-5-6-17-13(7-9)22-11(3)10(2)14-15(22)18-8-21-16(14)19-12(4)20-21/h5-8H,1-4H3. The van der Waals surface area contributed by atoms with Crippen molar-refractivity contribution in [2.45, 2.75) is 27.7 Å². The Labute approximate surface area is 127 Å². The van der Waals surface area contributed by atoms with Gasteiger partial charge in [-0.15, -0.1) is 0 Å². The van der Waals surface area contributed by atoms with Crippen molar-refractivity contribution in [3.8, 4) is 5.82 Å². The summed E-state index contributed by atoms with van der Waals surface area (Å²) >= 11 is 0. The van der Waals surface area contributed by atoms with Crippen LogP contribution in [0.1, 0.15) is 22.6 Å². The molecule has 4 aromatic heterocycles. The second-order valence-corrected chi connectivity index (χ2v) is 5.61. The maximum absolute atomic E-state index is 4.59. The molecule has 0 bridgehead atoms. The number of hydrogen-bond acceptors (Lipinski definition) is 4. The maximum Gasteiger partial charge on any atom is 0.168 e. The highest BCUT2D eigenvalue weighted by atomic mass is 15.3. The Bertz CT molecular complexity index is 1020. The van der Waals surface area contributed by atoms with Crippen LogP contribution in [0.2, 0.25) is 0 Å². The Hall–Kier alpha value is -2.76. The highest BCUT2D eigenvalue weighted by Crippen LogP contribution is 2.29. The van der Waals surface area contributed by atoms with Crippen LogP contribution in [0.3, 0.4) is 0 Å². The van der Waals surface area contributed by atoms with Crippen molar-refractivity contribution in [2.75, 3.05) is 0 Å². The fourth-order valence-corrected chi connectivity index (χ4v) is 2.89. The van der Waals surface area contributed by atoms with Gasteiger partial charge in [0.05, 0.1) is 5.39 Å². The lowest BCUT2D eigenvalue weighted by atomic mass is 10.2. The first kappa shape index (κ1) is 12.9. The van der Waals surface area contributed by atoms with E-state index in [0.717, 1.165) is 39.6 Å². The summed E-state index contributed by atoms with van der Waals surface area (Å²) in [5.74, 6) is 1.62. The molecule has 0 aliphatic rings. The van der Waals surface area contributed by atoms with Gasteiger partial charge in [0.1, 0.15) is 18.0 Å². The highest BCUT2D eigenvalue weighted by Gasteiger charge is 2.18. The molecule has 0 spiro atoms. The molecule has 0 saturated carbocycles. The molecule has 0 unspecified atom stereocenters. The van der Waals surface area contributed by atoms with Gasteiger partial charge in [-0.25, -0.2) is 19.5 Å². The summed E-state index contributed by atoms with van der Waals surface area (Å²) in [6.07, 6.45) is 3.54. The Balaban J connectivity index is 2.16. The van der Waals surface area contributed by atoms with Gasteiger partial charge >= 0.3 is 0 Å². The minimum absolute atomic E-state index is 0.743. The zero-order chi connectivity index (χ0) is 15.4. The third kappa shape index (κ3) is 1.67. The molecule has 0 radical (unpaired) electrons. The van der Waals surface area contributed by atoms with Crippen LogP contribution in [-0.4, -0.2) is 29.1 Å². The SMILES string of the molecule is Cc1ccnc(-n2c(C)c(C)c3c2ncn2nc(C)nc32)c1. The van der Waals surface area contributed by atoms with E-state index in [2.05, 4.69) is 51.5 Å². The Morgan fingerprint density at radius 2 is 1.82 bits per heavy atom. The molecule has 0 N–H and O–H groups in total. The summed E-state index contributed by atoms with van der Waals surface area (Å²) in [5.41, 5.74) is 5.16. The summed E-state index contributed by atoms with van der Waals surface area (Å²) in [7, 11) is 0. The minimum Gasteiger partial charge on any atom is -0.282 e. The number of rotatable bonds is 1. The van der Waals surface area contributed by atoms with Gasteiger partial charge in [0.2, 0.25) is 0 Å². The molecule has 0 saturated heterocycles. The van der Waals surface area contributed by atoms with Gasteiger partial charge in [0, 0.05) is 11.9 Å². The van der Waals surface area contributed by atoms with Gasteiger partial charge in [-0.3, -0.25) is 4.57 Å². The molecule has 6 nitrogen and oxygen atoms in total. The van der Waals surface area contributed by atoms with E-state index in [1.807, 2.05) is 19.2 Å². The number of pyridine rings is 1. The second-order valence-electron chi connectivity index (χ2n) is 5.61. The first-order valence-corrected chi connectivity index (χ1v) is 7.19. The van der Waals surface area contributed by atoms with Crippen molar-refractivity contribution in [1.82, 2.24) is 29.1 Å². The summed E-state index contributed by atoms with van der Waals surface area (Å²) in [6.45, 7) is 8.13. The van der Waals surface area contributed by atoms with E-state index < -0.39 is 0 Å². The number of nitrogens with zero attached hydrogens (tertiary/aromatic N) is 6. The van der Waals surface area contributed by atoms with Crippen molar-refractivity contribution >= 4 is 16.7 Å². The maximum atomic E-state index is 4.59. The molecular formula is C16H16N6. The third-order valence-corrected chi connectivity index (χ3v) is 4.07. The van der Waals surface area contributed by atoms with E-state index in [-0.39, 0.29) is 0 Å². The van der Waals surface area contributed by atoms with Gasteiger partial charge in [-0.2, -0.15) is 5.10 Å². The van der Waals surface area contributed by atoms with Crippen molar-refractivity contribution in [1.29, 1.82) is 0 Å². The number of fused-ring (bicyclic) bond motifs is 3. The molecule has 0 fully saturated rings. The Kier molecular flexibility index (Phi) is 2.57. The average Bonchev–Trinajstić information content (AvgIpc) is 2.97. The topological polar surface area (TPSA) is 60.9 Å². The van der Waals surface area contributed by atoms with Crippen LogP contribution in [0.5, 0.6) is 0 Å². The molecule has 0 aliphatic heterocycles. The first-order chi connectivity index (χ1) is 10.6. The lowest BCUT2D eigenvalue weighted by molar-refractivity contribution is 0.897. The summed E-state index contributed by atoms with van der Waals surface area (Å²) in [4.78, 5) is 13.6. The summed E-state index contributed by atoms with van der Waals surface area (Å²) in [6, 6.07) is 4.05. The lowest BCUT2D eigenvalue weighted by Crippen LogP contribution is -2.01. The average molecular weight is 292 g/mol. The predicted octanol–water partition coefficient (Wildman–Crippen LogP) is 2.70.